The third-order valence-corrected chi connectivity index (χ3v) is 8.95. The second kappa shape index (κ2) is 8.77. The van der Waals surface area contributed by atoms with Crippen LogP contribution in [0.4, 0.5) is 5.69 Å². The first kappa shape index (κ1) is 23.5. The molecule has 1 aromatic heterocycles. The highest BCUT2D eigenvalue weighted by molar-refractivity contribution is 7.89. The summed E-state index contributed by atoms with van der Waals surface area (Å²) in [5.41, 5.74) is 4.96. The number of hydrogen-bond acceptors (Lipinski definition) is 4. The van der Waals surface area contributed by atoms with Crippen LogP contribution in [0.15, 0.2) is 64.3 Å². The van der Waals surface area contributed by atoms with Crippen LogP contribution in [0.5, 0.6) is 0 Å². The Labute approximate surface area is 205 Å². The Kier molecular flexibility index (Phi) is 5.89. The number of fused-ring (bicyclic) bond motifs is 4. The average Bonchev–Trinajstić information content (AvgIpc) is 2.79. The summed E-state index contributed by atoms with van der Waals surface area (Å²) in [6, 6.07) is 15.5. The molecule has 3 aromatic rings. The number of aryl methyl sites for hydroxylation is 3. The molecule has 0 aliphatic carbocycles. The molecule has 7 nitrogen and oxygen atoms in total. The fourth-order valence-corrected chi connectivity index (χ4v) is 7.20. The van der Waals surface area contributed by atoms with Crippen LogP contribution in [0.2, 0.25) is 0 Å². The van der Waals surface area contributed by atoms with Crippen molar-refractivity contribution in [1.29, 1.82) is 0 Å². The van der Waals surface area contributed by atoms with Gasteiger partial charge in [0, 0.05) is 48.6 Å². The second-order valence-corrected chi connectivity index (χ2v) is 11.7. The molecule has 1 saturated heterocycles. The van der Waals surface area contributed by atoms with Crippen molar-refractivity contribution in [3.8, 4) is 0 Å². The fourth-order valence-electron chi connectivity index (χ4n) is 5.64. The number of aromatic nitrogens is 1. The van der Waals surface area contributed by atoms with Crippen LogP contribution < -0.4 is 10.9 Å². The van der Waals surface area contributed by atoms with Crippen molar-refractivity contribution < 1.29 is 13.2 Å². The summed E-state index contributed by atoms with van der Waals surface area (Å²) < 4.78 is 30.2. The smallest absolute Gasteiger partial charge is 0.256 e. The number of carbonyl (C=O) groups excluding carboxylic acids is 1. The van der Waals surface area contributed by atoms with Gasteiger partial charge in [0.2, 0.25) is 10.0 Å². The number of piperidine rings is 1. The molecule has 5 rings (SSSR count). The van der Waals surface area contributed by atoms with E-state index in [4.69, 9.17) is 0 Å². The summed E-state index contributed by atoms with van der Waals surface area (Å²) in [7, 11) is -3.70. The maximum atomic E-state index is 13.4. The molecule has 1 N–H and O–H groups in total. The lowest BCUT2D eigenvalue weighted by atomic mass is 9.84. The highest BCUT2D eigenvalue weighted by atomic mass is 32.2. The Balaban J connectivity index is 1.34. The molecule has 3 heterocycles. The summed E-state index contributed by atoms with van der Waals surface area (Å²) in [6.45, 7) is 7.10. The molecular weight excluding hydrogens is 462 g/mol. The first-order valence-electron chi connectivity index (χ1n) is 11.8. The van der Waals surface area contributed by atoms with E-state index in [1.165, 1.54) is 0 Å². The molecule has 182 valence electrons. The number of carbonyl (C=O) groups is 1. The van der Waals surface area contributed by atoms with Crippen molar-refractivity contribution in [2.24, 2.45) is 5.92 Å². The molecule has 0 saturated carbocycles. The number of amides is 1. The van der Waals surface area contributed by atoms with Crippen molar-refractivity contribution >= 4 is 21.6 Å². The molecule has 1 amide bonds. The predicted molar refractivity (Wildman–Crippen MR) is 135 cm³/mol. The lowest BCUT2D eigenvalue weighted by Gasteiger charge is -2.42. The van der Waals surface area contributed by atoms with Gasteiger partial charge in [0.05, 0.1) is 4.90 Å². The number of sulfonamides is 1. The van der Waals surface area contributed by atoms with Gasteiger partial charge in [0.15, 0.2) is 0 Å². The number of benzene rings is 2. The molecule has 2 bridgehead atoms. The molecule has 2 unspecified atom stereocenters. The molecule has 35 heavy (non-hydrogen) atoms. The van der Waals surface area contributed by atoms with Crippen LogP contribution in [0.1, 0.15) is 45.1 Å². The third-order valence-electron chi connectivity index (χ3n) is 7.10. The van der Waals surface area contributed by atoms with E-state index in [-0.39, 0.29) is 28.2 Å². The number of anilines is 1. The molecule has 8 heteroatoms. The minimum absolute atomic E-state index is 0.00530. The molecule has 0 radical (unpaired) electrons. The Hall–Kier alpha value is -3.23. The molecule has 2 aliphatic rings. The Bertz CT molecular complexity index is 1450. The lowest BCUT2D eigenvalue weighted by Crippen LogP contribution is -2.48. The highest BCUT2D eigenvalue weighted by Crippen LogP contribution is 2.37. The van der Waals surface area contributed by atoms with Gasteiger partial charge in [-0.25, -0.2) is 8.42 Å². The number of nitrogens with one attached hydrogen (secondary N) is 1. The Morgan fingerprint density at radius 3 is 2.31 bits per heavy atom. The van der Waals surface area contributed by atoms with Crippen LogP contribution in [0.25, 0.3) is 0 Å². The summed E-state index contributed by atoms with van der Waals surface area (Å²) in [5.74, 6) is -0.102. The minimum Gasteiger partial charge on any atom is -0.322 e. The van der Waals surface area contributed by atoms with Crippen molar-refractivity contribution in [2.45, 2.75) is 44.6 Å². The zero-order chi connectivity index (χ0) is 24.9. The van der Waals surface area contributed by atoms with E-state index in [1.54, 1.807) is 45.3 Å². The van der Waals surface area contributed by atoms with Crippen molar-refractivity contribution in [3.05, 3.63) is 92.9 Å². The van der Waals surface area contributed by atoms with Gasteiger partial charge in [-0.1, -0.05) is 23.8 Å². The number of nitrogens with zero attached hydrogens (tertiary/aromatic N) is 2. The van der Waals surface area contributed by atoms with Gasteiger partial charge in [-0.3, -0.25) is 9.59 Å². The van der Waals surface area contributed by atoms with Gasteiger partial charge in [-0.05, 0) is 74.6 Å². The standard InChI is InChI=1S/C27H29N3O4S/c1-17-11-18(2)26(19(3)12-17)27(32)28-22-7-9-23(10-8-22)35(33,34)29-14-20-13-21(16-29)24-5-4-6-25(31)30(24)15-20/h4-12,20-21H,13-16H2,1-3H3,(H,28,32). The second-order valence-electron chi connectivity index (χ2n) is 9.77. The van der Waals surface area contributed by atoms with Gasteiger partial charge in [-0.2, -0.15) is 4.31 Å². The van der Waals surface area contributed by atoms with E-state index < -0.39 is 10.0 Å². The van der Waals surface area contributed by atoms with Crippen molar-refractivity contribution in [3.63, 3.8) is 0 Å². The summed E-state index contributed by atoms with van der Waals surface area (Å²) in [4.78, 5) is 25.3. The van der Waals surface area contributed by atoms with Crippen LogP contribution >= 0.6 is 0 Å². The van der Waals surface area contributed by atoms with E-state index in [1.807, 2.05) is 39.0 Å². The molecule has 0 spiro atoms. The summed E-state index contributed by atoms with van der Waals surface area (Å²) in [6.07, 6.45) is 0.887. The normalized spacial score (nSPS) is 19.7. The van der Waals surface area contributed by atoms with Gasteiger partial charge in [0.25, 0.3) is 11.5 Å². The van der Waals surface area contributed by atoms with Crippen LogP contribution in [0.3, 0.4) is 0 Å². The topological polar surface area (TPSA) is 88.5 Å². The molecular formula is C27H29N3O4S. The number of hydrogen-bond donors (Lipinski definition) is 1. The van der Waals surface area contributed by atoms with E-state index in [0.29, 0.717) is 30.9 Å². The van der Waals surface area contributed by atoms with Crippen LogP contribution in [0, 0.1) is 26.7 Å². The summed E-state index contributed by atoms with van der Waals surface area (Å²) >= 11 is 0. The first-order chi connectivity index (χ1) is 16.6. The first-order valence-corrected chi connectivity index (χ1v) is 13.3. The van der Waals surface area contributed by atoms with Gasteiger partial charge >= 0.3 is 0 Å². The van der Waals surface area contributed by atoms with Crippen molar-refractivity contribution in [2.75, 3.05) is 18.4 Å². The number of pyridine rings is 1. The number of rotatable bonds is 4. The zero-order valence-electron chi connectivity index (χ0n) is 20.1. The van der Waals surface area contributed by atoms with E-state index in [9.17, 15) is 18.0 Å². The quantitative estimate of drug-likeness (QED) is 0.601. The van der Waals surface area contributed by atoms with Crippen LogP contribution in [-0.2, 0) is 16.6 Å². The van der Waals surface area contributed by atoms with Gasteiger partial charge < -0.3 is 9.88 Å². The Morgan fingerprint density at radius 1 is 0.943 bits per heavy atom. The average molecular weight is 492 g/mol. The van der Waals surface area contributed by atoms with Gasteiger partial charge in [0.1, 0.15) is 0 Å². The monoisotopic (exact) mass is 491 g/mol. The molecule has 1 fully saturated rings. The van der Waals surface area contributed by atoms with Crippen LogP contribution in [-0.4, -0.2) is 36.3 Å². The molecule has 2 aliphatic heterocycles. The van der Waals surface area contributed by atoms with E-state index in [0.717, 1.165) is 28.8 Å². The maximum Gasteiger partial charge on any atom is 0.256 e. The largest absolute Gasteiger partial charge is 0.322 e. The summed E-state index contributed by atoms with van der Waals surface area (Å²) in [5, 5.41) is 2.89. The maximum absolute atomic E-state index is 13.4. The Morgan fingerprint density at radius 2 is 1.63 bits per heavy atom. The van der Waals surface area contributed by atoms with Gasteiger partial charge in [-0.15, -0.1) is 0 Å². The van der Waals surface area contributed by atoms with Crippen molar-refractivity contribution in [1.82, 2.24) is 8.87 Å². The SMILES string of the molecule is Cc1cc(C)c(C(=O)Nc2ccc(S(=O)(=O)N3CC4CC(C3)c3cccc(=O)n3C4)cc2)c(C)c1. The lowest BCUT2D eigenvalue weighted by molar-refractivity contribution is 0.102. The third kappa shape index (κ3) is 4.32. The highest BCUT2D eigenvalue weighted by Gasteiger charge is 2.39. The zero-order valence-corrected chi connectivity index (χ0v) is 20.9. The minimum atomic E-state index is -3.70. The molecule has 2 aromatic carbocycles. The predicted octanol–water partition coefficient (Wildman–Crippen LogP) is 3.83. The van der Waals surface area contributed by atoms with E-state index in [2.05, 4.69) is 5.32 Å². The van der Waals surface area contributed by atoms with E-state index >= 15 is 0 Å². The fraction of sp³-hybridized carbons (Fsp3) is 0.333. The molecule has 2 atom stereocenters.